The minimum atomic E-state index is -0.633. The monoisotopic (exact) mass is 301 g/mol. The van der Waals surface area contributed by atoms with Crippen molar-refractivity contribution >= 4 is 34.9 Å². The molecule has 0 heterocycles. The Balaban J connectivity index is 3.07. The van der Waals surface area contributed by atoms with Crippen molar-refractivity contribution < 1.29 is 14.3 Å². The lowest BCUT2D eigenvalue weighted by molar-refractivity contribution is -0.119. The SMILES string of the molecule is C=C(CC)C(=O)c1ccc(OCC(N)=O)c(Cl)c1Cl. The van der Waals surface area contributed by atoms with Gasteiger partial charge in [-0.15, -0.1) is 0 Å². The van der Waals surface area contributed by atoms with Crippen molar-refractivity contribution in [1.82, 2.24) is 0 Å². The maximum Gasteiger partial charge on any atom is 0.255 e. The molecule has 0 bridgehead atoms. The lowest BCUT2D eigenvalue weighted by Gasteiger charge is -2.11. The van der Waals surface area contributed by atoms with Crippen LogP contribution in [0.3, 0.4) is 0 Å². The second-order valence-corrected chi connectivity index (χ2v) is 4.54. The Morgan fingerprint density at radius 3 is 2.47 bits per heavy atom. The van der Waals surface area contributed by atoms with Crippen LogP contribution in [0, 0.1) is 0 Å². The molecule has 0 atom stereocenters. The van der Waals surface area contributed by atoms with Gasteiger partial charge in [-0.25, -0.2) is 0 Å². The fourth-order valence-electron chi connectivity index (χ4n) is 1.32. The third kappa shape index (κ3) is 3.72. The molecule has 0 aromatic heterocycles. The van der Waals surface area contributed by atoms with E-state index in [1.54, 1.807) is 0 Å². The van der Waals surface area contributed by atoms with Crippen molar-refractivity contribution in [2.45, 2.75) is 13.3 Å². The average Bonchev–Trinajstić information content (AvgIpc) is 2.38. The molecule has 1 rings (SSSR count). The Morgan fingerprint density at radius 2 is 1.95 bits per heavy atom. The van der Waals surface area contributed by atoms with Gasteiger partial charge in [-0.1, -0.05) is 36.7 Å². The van der Waals surface area contributed by atoms with E-state index in [1.165, 1.54) is 12.1 Å². The topological polar surface area (TPSA) is 69.4 Å². The van der Waals surface area contributed by atoms with E-state index >= 15 is 0 Å². The van der Waals surface area contributed by atoms with Gasteiger partial charge in [0.25, 0.3) is 5.91 Å². The molecule has 1 aromatic rings. The average molecular weight is 302 g/mol. The second kappa shape index (κ2) is 6.59. The highest BCUT2D eigenvalue weighted by Gasteiger charge is 2.18. The number of amides is 1. The Hall–Kier alpha value is -1.52. The molecule has 6 heteroatoms. The van der Waals surface area contributed by atoms with Crippen LogP contribution in [0.4, 0.5) is 0 Å². The van der Waals surface area contributed by atoms with Crippen molar-refractivity contribution in [3.8, 4) is 5.75 Å². The van der Waals surface area contributed by atoms with Crippen molar-refractivity contribution in [2.24, 2.45) is 5.73 Å². The van der Waals surface area contributed by atoms with Gasteiger partial charge in [0.2, 0.25) is 0 Å². The molecule has 0 radical (unpaired) electrons. The lowest BCUT2D eigenvalue weighted by atomic mass is 10.0. The Kier molecular flexibility index (Phi) is 5.39. The number of ether oxygens (including phenoxy) is 1. The smallest absolute Gasteiger partial charge is 0.255 e. The molecule has 0 unspecified atom stereocenters. The number of Topliss-reactive ketones (excluding diaryl/α,β-unsaturated/α-hetero) is 1. The lowest BCUT2D eigenvalue weighted by Crippen LogP contribution is -2.20. The summed E-state index contributed by atoms with van der Waals surface area (Å²) in [6, 6.07) is 2.95. The summed E-state index contributed by atoms with van der Waals surface area (Å²) in [5, 5.41) is 0.140. The number of carbonyl (C=O) groups is 2. The van der Waals surface area contributed by atoms with Crippen LogP contribution < -0.4 is 10.5 Å². The molecule has 1 amide bonds. The van der Waals surface area contributed by atoms with Gasteiger partial charge in [-0.05, 0) is 24.1 Å². The van der Waals surface area contributed by atoms with Gasteiger partial charge in [0.15, 0.2) is 12.4 Å². The molecule has 4 nitrogen and oxygen atoms in total. The fourth-order valence-corrected chi connectivity index (χ4v) is 1.78. The van der Waals surface area contributed by atoms with Gasteiger partial charge in [-0.3, -0.25) is 9.59 Å². The first-order valence-corrected chi connectivity index (χ1v) is 6.25. The number of ketones is 1. The maximum absolute atomic E-state index is 12.0. The van der Waals surface area contributed by atoms with E-state index < -0.39 is 5.91 Å². The molecule has 0 aliphatic carbocycles. The summed E-state index contributed by atoms with van der Waals surface area (Å²) in [5.74, 6) is -0.702. The van der Waals surface area contributed by atoms with Crippen molar-refractivity contribution in [3.63, 3.8) is 0 Å². The zero-order chi connectivity index (χ0) is 14.6. The summed E-state index contributed by atoms with van der Waals surface area (Å²) in [7, 11) is 0. The zero-order valence-corrected chi connectivity index (χ0v) is 11.8. The van der Waals surface area contributed by atoms with Gasteiger partial charge in [0, 0.05) is 5.56 Å². The first kappa shape index (κ1) is 15.5. The highest BCUT2D eigenvalue weighted by atomic mass is 35.5. The van der Waals surface area contributed by atoms with Crippen LogP contribution >= 0.6 is 23.2 Å². The minimum absolute atomic E-state index is 0.0673. The zero-order valence-electron chi connectivity index (χ0n) is 10.3. The molecule has 102 valence electrons. The standard InChI is InChI=1S/C13H13Cl2NO3/c1-3-7(2)13(18)8-4-5-9(12(15)11(8)14)19-6-10(16)17/h4-5H,2-3,6H2,1H3,(H2,16,17). The molecule has 0 saturated heterocycles. The third-order valence-corrected chi connectivity index (χ3v) is 3.27. The fraction of sp³-hybridized carbons (Fsp3) is 0.231. The summed E-state index contributed by atoms with van der Waals surface area (Å²) in [4.78, 5) is 22.6. The number of hydrogen-bond acceptors (Lipinski definition) is 3. The van der Waals surface area contributed by atoms with Crippen LogP contribution in [0.15, 0.2) is 24.3 Å². The summed E-state index contributed by atoms with van der Waals surface area (Å²) < 4.78 is 5.08. The summed E-state index contributed by atoms with van der Waals surface area (Å²) in [6.07, 6.45) is 0.521. The molecular weight excluding hydrogens is 289 g/mol. The maximum atomic E-state index is 12.0. The predicted octanol–water partition coefficient (Wildman–Crippen LogP) is 3.01. The third-order valence-electron chi connectivity index (χ3n) is 2.41. The molecular formula is C13H13Cl2NO3. The Bertz CT molecular complexity index is 541. The van der Waals surface area contributed by atoms with Gasteiger partial charge in [0.1, 0.15) is 10.8 Å². The quantitative estimate of drug-likeness (QED) is 0.648. The summed E-state index contributed by atoms with van der Waals surface area (Å²) >= 11 is 12.0. The van der Waals surface area contributed by atoms with Crippen LogP contribution in [0.2, 0.25) is 10.0 Å². The van der Waals surface area contributed by atoms with Crippen molar-refractivity contribution in [3.05, 3.63) is 39.9 Å². The molecule has 1 aromatic carbocycles. The number of allylic oxidation sites excluding steroid dienone is 1. The molecule has 0 spiro atoms. The van der Waals surface area contributed by atoms with E-state index in [4.69, 9.17) is 33.7 Å². The van der Waals surface area contributed by atoms with E-state index in [0.29, 0.717) is 12.0 Å². The van der Waals surface area contributed by atoms with E-state index in [-0.39, 0.29) is 33.7 Å². The van der Waals surface area contributed by atoms with Crippen LogP contribution in [0.25, 0.3) is 0 Å². The van der Waals surface area contributed by atoms with E-state index in [0.717, 1.165) is 0 Å². The molecule has 0 saturated carbocycles. The number of hydrogen-bond donors (Lipinski definition) is 1. The first-order chi connectivity index (χ1) is 8.88. The Labute approximate surface area is 121 Å². The minimum Gasteiger partial charge on any atom is -0.482 e. The molecule has 19 heavy (non-hydrogen) atoms. The molecule has 2 N–H and O–H groups in total. The number of halogens is 2. The second-order valence-electron chi connectivity index (χ2n) is 3.78. The molecule has 0 aliphatic heterocycles. The number of primary amides is 1. The van der Waals surface area contributed by atoms with Gasteiger partial charge >= 0.3 is 0 Å². The van der Waals surface area contributed by atoms with Crippen LogP contribution in [0.1, 0.15) is 23.7 Å². The van der Waals surface area contributed by atoms with E-state index in [9.17, 15) is 9.59 Å². The number of nitrogens with two attached hydrogens (primary N) is 1. The van der Waals surface area contributed by atoms with Crippen molar-refractivity contribution in [2.75, 3.05) is 6.61 Å². The normalized spacial score (nSPS) is 10.1. The summed E-state index contributed by atoms with van der Waals surface area (Å²) in [6.45, 7) is 5.16. The van der Waals surface area contributed by atoms with Crippen LogP contribution in [-0.2, 0) is 4.79 Å². The summed E-state index contributed by atoms with van der Waals surface area (Å²) in [5.41, 5.74) is 5.65. The Morgan fingerprint density at radius 1 is 1.32 bits per heavy atom. The number of carbonyl (C=O) groups excluding carboxylic acids is 2. The molecule has 0 fully saturated rings. The van der Waals surface area contributed by atoms with Crippen molar-refractivity contribution in [1.29, 1.82) is 0 Å². The van der Waals surface area contributed by atoms with Gasteiger partial charge in [-0.2, -0.15) is 0 Å². The van der Waals surface area contributed by atoms with Crippen LogP contribution in [0.5, 0.6) is 5.75 Å². The van der Waals surface area contributed by atoms with Crippen LogP contribution in [-0.4, -0.2) is 18.3 Å². The highest BCUT2D eigenvalue weighted by Crippen LogP contribution is 2.35. The predicted molar refractivity (Wildman–Crippen MR) is 74.9 cm³/mol. The van der Waals surface area contributed by atoms with E-state index in [2.05, 4.69) is 6.58 Å². The highest BCUT2D eigenvalue weighted by molar-refractivity contribution is 6.45. The van der Waals surface area contributed by atoms with Gasteiger partial charge < -0.3 is 10.5 Å². The first-order valence-electron chi connectivity index (χ1n) is 5.50. The molecule has 0 aliphatic rings. The largest absolute Gasteiger partial charge is 0.482 e. The van der Waals surface area contributed by atoms with Gasteiger partial charge in [0.05, 0.1) is 5.02 Å². The van der Waals surface area contributed by atoms with E-state index in [1.807, 2.05) is 6.92 Å². The number of benzene rings is 1. The number of rotatable bonds is 6.